The standard InChI is InChI=1S/C44H79N3O4S/c1-2-3-4-5-6-7-8-9-10-11-15-18-29-52-30-28-50-43(49)21-26-46(24-19-25-47-27-22-45-38-47)23-17-14-12-13-16-20-42(48)51-37-44-34-39-31-40(35-44)33-41(32-39)36-44/h22,27,38-42,48H,2-21,23-26,28-37H2,1H3. The van der Waals surface area contributed by atoms with Gasteiger partial charge in [-0.2, -0.15) is 11.8 Å². The van der Waals surface area contributed by atoms with Gasteiger partial charge in [0.2, 0.25) is 0 Å². The third-order valence-electron chi connectivity index (χ3n) is 12.4. The molecule has 1 aromatic heterocycles. The molecule has 4 saturated carbocycles. The zero-order valence-corrected chi connectivity index (χ0v) is 34.3. The van der Waals surface area contributed by atoms with E-state index in [1.165, 1.54) is 134 Å². The molecule has 0 saturated heterocycles. The lowest BCUT2D eigenvalue weighted by Gasteiger charge is -2.56. The van der Waals surface area contributed by atoms with Gasteiger partial charge in [0.25, 0.3) is 0 Å². The van der Waals surface area contributed by atoms with Crippen LogP contribution in [0.5, 0.6) is 0 Å². The molecule has 4 bridgehead atoms. The van der Waals surface area contributed by atoms with Crippen molar-refractivity contribution < 1.29 is 19.4 Å². The van der Waals surface area contributed by atoms with E-state index in [4.69, 9.17) is 9.47 Å². The number of thioether (sulfide) groups is 1. The maximum atomic E-state index is 12.6. The second-order valence-electron chi connectivity index (χ2n) is 17.2. The van der Waals surface area contributed by atoms with E-state index in [0.29, 0.717) is 18.4 Å². The maximum absolute atomic E-state index is 12.6. The van der Waals surface area contributed by atoms with Crippen molar-refractivity contribution in [3.63, 3.8) is 0 Å². The number of nitrogens with zero attached hydrogens (tertiary/aromatic N) is 3. The molecular weight excluding hydrogens is 667 g/mol. The lowest BCUT2D eigenvalue weighted by atomic mass is 9.50. The van der Waals surface area contributed by atoms with Gasteiger partial charge in [-0.05, 0) is 113 Å². The fourth-order valence-electron chi connectivity index (χ4n) is 9.92. The van der Waals surface area contributed by atoms with Crippen LogP contribution in [0.1, 0.15) is 174 Å². The molecule has 1 N–H and O–H groups in total. The van der Waals surface area contributed by atoms with Crippen molar-refractivity contribution in [3.8, 4) is 0 Å². The lowest BCUT2D eigenvalue weighted by molar-refractivity contribution is -0.165. The zero-order chi connectivity index (χ0) is 36.5. The Kier molecular flexibility index (Phi) is 22.4. The van der Waals surface area contributed by atoms with Crippen molar-refractivity contribution >= 4 is 17.7 Å². The van der Waals surface area contributed by atoms with Crippen LogP contribution in [0.25, 0.3) is 0 Å². The summed E-state index contributed by atoms with van der Waals surface area (Å²) in [5, 5.41) is 10.6. The zero-order valence-electron chi connectivity index (χ0n) is 33.5. The van der Waals surface area contributed by atoms with E-state index >= 15 is 0 Å². The first kappa shape index (κ1) is 43.6. The van der Waals surface area contributed by atoms with Crippen LogP contribution in [0.15, 0.2) is 18.7 Å². The summed E-state index contributed by atoms with van der Waals surface area (Å²) >= 11 is 1.93. The van der Waals surface area contributed by atoms with Crippen molar-refractivity contribution in [2.45, 2.75) is 187 Å². The van der Waals surface area contributed by atoms with E-state index in [9.17, 15) is 9.90 Å². The van der Waals surface area contributed by atoms with Crippen LogP contribution in [-0.4, -0.2) is 76.2 Å². The molecule has 4 fully saturated rings. The molecule has 1 heterocycles. The minimum Gasteiger partial charge on any atom is -0.465 e. The first-order chi connectivity index (χ1) is 25.5. The van der Waals surface area contributed by atoms with Gasteiger partial charge in [-0.15, -0.1) is 0 Å². The molecule has 4 aliphatic carbocycles. The number of unbranched alkanes of at least 4 members (excludes halogenated alkanes) is 15. The lowest BCUT2D eigenvalue weighted by Crippen LogP contribution is -2.48. The van der Waals surface area contributed by atoms with Gasteiger partial charge >= 0.3 is 5.97 Å². The highest BCUT2D eigenvalue weighted by molar-refractivity contribution is 7.99. The van der Waals surface area contributed by atoms with E-state index in [0.717, 1.165) is 88.4 Å². The molecule has 52 heavy (non-hydrogen) atoms. The van der Waals surface area contributed by atoms with Crippen molar-refractivity contribution in [2.24, 2.45) is 23.2 Å². The molecule has 0 spiro atoms. The van der Waals surface area contributed by atoms with Gasteiger partial charge in [0, 0.05) is 31.2 Å². The minimum atomic E-state index is -0.600. The first-order valence-electron chi connectivity index (χ1n) is 22.2. The van der Waals surface area contributed by atoms with Crippen molar-refractivity contribution in [2.75, 3.05) is 44.4 Å². The highest BCUT2D eigenvalue weighted by Crippen LogP contribution is 2.60. The number of ether oxygens (including phenoxy) is 2. The molecule has 1 unspecified atom stereocenters. The second-order valence-corrected chi connectivity index (χ2v) is 18.4. The quantitative estimate of drug-likeness (QED) is 0.0427. The van der Waals surface area contributed by atoms with Gasteiger partial charge in [0.15, 0.2) is 6.29 Å². The number of rotatable bonds is 34. The Bertz CT molecular complexity index is 988. The van der Waals surface area contributed by atoms with E-state index in [2.05, 4.69) is 21.4 Å². The van der Waals surface area contributed by atoms with Crippen LogP contribution < -0.4 is 0 Å². The summed E-state index contributed by atoms with van der Waals surface area (Å²) in [6.45, 7) is 7.31. The number of hydrogen-bond donors (Lipinski definition) is 1. The number of aliphatic hydroxyl groups is 1. The van der Waals surface area contributed by atoms with Crippen molar-refractivity contribution in [3.05, 3.63) is 18.7 Å². The van der Waals surface area contributed by atoms with Crippen LogP contribution in [0.2, 0.25) is 0 Å². The van der Waals surface area contributed by atoms with Crippen molar-refractivity contribution in [1.29, 1.82) is 0 Å². The highest BCUT2D eigenvalue weighted by Gasteiger charge is 2.51. The highest BCUT2D eigenvalue weighted by atomic mass is 32.2. The Morgan fingerprint density at radius 2 is 1.40 bits per heavy atom. The molecule has 300 valence electrons. The number of carbonyl (C=O) groups excluding carboxylic acids is 1. The SMILES string of the molecule is CCCCCCCCCCCCCCSCCOC(=O)CCN(CCCCCCCC(O)OCC12CC3CC(CC(C3)C1)C2)CCCn1ccnc1. The molecule has 7 nitrogen and oxygen atoms in total. The fourth-order valence-corrected chi connectivity index (χ4v) is 10.7. The third kappa shape index (κ3) is 18.5. The normalized spacial score (nSPS) is 22.8. The number of hydrogen-bond acceptors (Lipinski definition) is 7. The summed E-state index contributed by atoms with van der Waals surface area (Å²) in [4.78, 5) is 19.2. The number of aryl methyl sites for hydroxylation is 1. The first-order valence-corrected chi connectivity index (χ1v) is 23.4. The van der Waals surface area contributed by atoms with E-state index in [1.807, 2.05) is 30.5 Å². The fraction of sp³-hybridized carbons (Fsp3) is 0.909. The molecule has 1 aromatic rings. The average Bonchev–Trinajstić information content (AvgIpc) is 3.65. The number of aliphatic hydroxyl groups excluding tert-OH is 1. The Hall–Kier alpha value is -1.09. The van der Waals surface area contributed by atoms with E-state index < -0.39 is 6.29 Å². The van der Waals surface area contributed by atoms with Gasteiger partial charge in [0.1, 0.15) is 6.61 Å². The van der Waals surface area contributed by atoms with Crippen LogP contribution in [0, 0.1) is 23.2 Å². The predicted molar refractivity (Wildman–Crippen MR) is 218 cm³/mol. The van der Waals surface area contributed by atoms with Gasteiger partial charge in [-0.3, -0.25) is 4.79 Å². The third-order valence-corrected chi connectivity index (χ3v) is 13.4. The number of carbonyl (C=O) groups is 1. The summed E-state index contributed by atoms with van der Waals surface area (Å²) < 4.78 is 13.8. The van der Waals surface area contributed by atoms with Crippen LogP contribution in [0.4, 0.5) is 0 Å². The molecular formula is C44H79N3O4S. The summed E-state index contributed by atoms with van der Waals surface area (Å²) in [6.07, 6.45) is 38.1. The Labute approximate surface area is 323 Å². The Balaban J connectivity index is 0.964. The molecule has 1 atom stereocenters. The molecule has 0 aromatic carbocycles. The molecule has 5 rings (SSSR count). The summed E-state index contributed by atoms with van der Waals surface area (Å²) in [5.74, 6) is 4.82. The second kappa shape index (κ2) is 26.7. The van der Waals surface area contributed by atoms with Gasteiger partial charge in [0.05, 0.1) is 19.4 Å². The molecule has 4 aliphatic rings. The smallest absolute Gasteiger partial charge is 0.307 e. The van der Waals surface area contributed by atoms with Gasteiger partial charge in [-0.25, -0.2) is 4.98 Å². The molecule has 0 radical (unpaired) electrons. The van der Waals surface area contributed by atoms with Crippen LogP contribution in [-0.2, 0) is 20.8 Å². The minimum absolute atomic E-state index is 0.0606. The van der Waals surface area contributed by atoms with Gasteiger partial charge < -0.3 is 24.0 Å². The van der Waals surface area contributed by atoms with E-state index in [1.54, 1.807) is 0 Å². The van der Waals surface area contributed by atoms with Gasteiger partial charge in [-0.1, -0.05) is 96.8 Å². The monoisotopic (exact) mass is 746 g/mol. The molecule has 8 heteroatoms. The number of esters is 1. The van der Waals surface area contributed by atoms with E-state index in [-0.39, 0.29) is 5.97 Å². The predicted octanol–water partition coefficient (Wildman–Crippen LogP) is 10.8. The van der Waals surface area contributed by atoms with Crippen molar-refractivity contribution in [1.82, 2.24) is 14.5 Å². The average molecular weight is 746 g/mol. The topological polar surface area (TPSA) is 76.8 Å². The number of imidazole rings is 1. The Morgan fingerprint density at radius 1 is 0.808 bits per heavy atom. The van der Waals surface area contributed by atoms with Crippen LogP contribution in [0.3, 0.4) is 0 Å². The van der Waals surface area contributed by atoms with Crippen LogP contribution >= 0.6 is 11.8 Å². The summed E-state index contributed by atoms with van der Waals surface area (Å²) in [6, 6.07) is 0. The Morgan fingerprint density at radius 3 is 2.04 bits per heavy atom. The maximum Gasteiger partial charge on any atom is 0.307 e. The largest absolute Gasteiger partial charge is 0.465 e. The summed E-state index contributed by atoms with van der Waals surface area (Å²) in [7, 11) is 0. The molecule has 0 aliphatic heterocycles. The number of aromatic nitrogens is 2. The molecule has 0 amide bonds. The summed E-state index contributed by atoms with van der Waals surface area (Å²) in [5.41, 5.74) is 0.377.